The number of H-pyrrole nitrogens is 1. The standard InChI is InChI=1S/C17H13FN4/c1-11-10-22(15-6-7-16-13(8-15)9-19-21-16)17(20-11)12-2-4-14(18)5-3-12/h2-10H,1H3,(H,19,21). The Morgan fingerprint density at radius 3 is 2.73 bits per heavy atom. The number of hydrogen-bond acceptors (Lipinski definition) is 2. The largest absolute Gasteiger partial charge is 0.300 e. The molecule has 0 spiro atoms. The Morgan fingerprint density at radius 2 is 1.91 bits per heavy atom. The third kappa shape index (κ3) is 2.07. The first-order valence-electron chi connectivity index (χ1n) is 6.96. The lowest BCUT2D eigenvalue weighted by Gasteiger charge is -2.08. The zero-order valence-corrected chi connectivity index (χ0v) is 11.9. The first-order chi connectivity index (χ1) is 10.7. The van der Waals surface area contributed by atoms with E-state index in [9.17, 15) is 4.39 Å². The summed E-state index contributed by atoms with van der Waals surface area (Å²) in [6.07, 6.45) is 3.76. The van der Waals surface area contributed by atoms with E-state index in [1.54, 1.807) is 18.3 Å². The average molecular weight is 292 g/mol. The number of rotatable bonds is 2. The molecule has 0 fully saturated rings. The molecule has 0 saturated carbocycles. The lowest BCUT2D eigenvalue weighted by Crippen LogP contribution is -1.96. The minimum atomic E-state index is -0.251. The number of nitrogens with zero attached hydrogens (tertiary/aromatic N) is 3. The number of halogens is 1. The van der Waals surface area contributed by atoms with Gasteiger partial charge in [-0.15, -0.1) is 0 Å². The van der Waals surface area contributed by atoms with Gasteiger partial charge in [-0.05, 0) is 49.4 Å². The SMILES string of the molecule is Cc1cn(-c2ccc3[nH]ncc3c2)c(-c2ccc(F)cc2)n1. The highest BCUT2D eigenvalue weighted by Gasteiger charge is 2.11. The van der Waals surface area contributed by atoms with Crippen LogP contribution in [0, 0.1) is 12.7 Å². The van der Waals surface area contributed by atoms with Crippen molar-refractivity contribution >= 4 is 10.9 Å². The summed E-state index contributed by atoms with van der Waals surface area (Å²) in [5.74, 6) is 0.540. The van der Waals surface area contributed by atoms with Crippen LogP contribution in [0.15, 0.2) is 54.9 Å². The number of aromatic amines is 1. The summed E-state index contributed by atoms with van der Waals surface area (Å²) >= 11 is 0. The van der Waals surface area contributed by atoms with Gasteiger partial charge in [-0.25, -0.2) is 9.37 Å². The molecule has 4 nitrogen and oxygen atoms in total. The van der Waals surface area contributed by atoms with Gasteiger partial charge in [-0.1, -0.05) is 0 Å². The van der Waals surface area contributed by atoms with Gasteiger partial charge in [0.2, 0.25) is 0 Å². The molecule has 0 amide bonds. The smallest absolute Gasteiger partial charge is 0.144 e. The molecule has 0 aliphatic heterocycles. The van der Waals surface area contributed by atoms with E-state index in [-0.39, 0.29) is 5.82 Å². The van der Waals surface area contributed by atoms with Crippen molar-refractivity contribution in [3.8, 4) is 17.1 Å². The second-order valence-electron chi connectivity index (χ2n) is 5.22. The molecule has 0 atom stereocenters. The summed E-state index contributed by atoms with van der Waals surface area (Å²) < 4.78 is 15.1. The predicted octanol–water partition coefficient (Wildman–Crippen LogP) is 3.86. The molecule has 2 aromatic heterocycles. The molecule has 2 heterocycles. The minimum Gasteiger partial charge on any atom is -0.300 e. The molecule has 0 unspecified atom stereocenters. The van der Waals surface area contributed by atoms with Crippen LogP contribution in [0.1, 0.15) is 5.69 Å². The number of fused-ring (bicyclic) bond motifs is 1. The summed E-state index contributed by atoms with van der Waals surface area (Å²) in [6, 6.07) is 12.4. The van der Waals surface area contributed by atoms with Crippen LogP contribution in [0.3, 0.4) is 0 Å². The summed E-state index contributed by atoms with van der Waals surface area (Å²) in [7, 11) is 0. The van der Waals surface area contributed by atoms with Gasteiger partial charge >= 0.3 is 0 Å². The zero-order chi connectivity index (χ0) is 15.1. The molecule has 0 bridgehead atoms. The highest BCUT2D eigenvalue weighted by Crippen LogP contribution is 2.25. The number of aryl methyl sites for hydroxylation is 1. The Hall–Kier alpha value is -2.95. The van der Waals surface area contributed by atoms with Crippen LogP contribution in [0.25, 0.3) is 28.0 Å². The summed E-state index contributed by atoms with van der Waals surface area (Å²) in [5, 5.41) is 8.02. The highest BCUT2D eigenvalue weighted by molar-refractivity contribution is 5.80. The number of nitrogens with one attached hydrogen (secondary N) is 1. The molecule has 5 heteroatoms. The lowest BCUT2D eigenvalue weighted by atomic mass is 10.2. The maximum Gasteiger partial charge on any atom is 0.144 e. The van der Waals surface area contributed by atoms with Crippen molar-refractivity contribution in [2.45, 2.75) is 6.92 Å². The maximum atomic E-state index is 13.1. The second kappa shape index (κ2) is 4.80. The van der Waals surface area contributed by atoms with Crippen LogP contribution in [0.4, 0.5) is 4.39 Å². The lowest BCUT2D eigenvalue weighted by molar-refractivity contribution is 0.628. The van der Waals surface area contributed by atoms with E-state index in [2.05, 4.69) is 15.2 Å². The van der Waals surface area contributed by atoms with Gasteiger partial charge in [-0.3, -0.25) is 9.67 Å². The van der Waals surface area contributed by atoms with Crippen molar-refractivity contribution in [3.63, 3.8) is 0 Å². The third-order valence-electron chi connectivity index (χ3n) is 3.63. The third-order valence-corrected chi connectivity index (χ3v) is 3.63. The average Bonchev–Trinajstić information content (AvgIpc) is 3.13. The molecule has 4 rings (SSSR count). The fourth-order valence-electron chi connectivity index (χ4n) is 2.58. The number of hydrogen-bond donors (Lipinski definition) is 1. The topological polar surface area (TPSA) is 46.5 Å². The van der Waals surface area contributed by atoms with E-state index in [1.807, 2.05) is 35.9 Å². The number of imidazole rings is 1. The van der Waals surface area contributed by atoms with Crippen LogP contribution in [0.5, 0.6) is 0 Å². The van der Waals surface area contributed by atoms with E-state index < -0.39 is 0 Å². The first kappa shape index (κ1) is 12.8. The number of benzene rings is 2. The van der Waals surface area contributed by atoms with Gasteiger partial charge in [0, 0.05) is 22.8 Å². The molecule has 0 aliphatic carbocycles. The highest BCUT2D eigenvalue weighted by atomic mass is 19.1. The van der Waals surface area contributed by atoms with E-state index >= 15 is 0 Å². The van der Waals surface area contributed by atoms with Gasteiger partial charge in [0.05, 0.1) is 17.4 Å². The van der Waals surface area contributed by atoms with Gasteiger partial charge in [0.25, 0.3) is 0 Å². The summed E-state index contributed by atoms with van der Waals surface area (Å²) in [5.41, 5.74) is 3.77. The van der Waals surface area contributed by atoms with Crippen LogP contribution < -0.4 is 0 Å². The van der Waals surface area contributed by atoms with E-state index in [0.717, 1.165) is 33.7 Å². The van der Waals surface area contributed by atoms with Crippen LogP contribution in [0.2, 0.25) is 0 Å². The molecule has 4 aromatic rings. The monoisotopic (exact) mass is 292 g/mol. The molecular formula is C17H13FN4. The molecule has 22 heavy (non-hydrogen) atoms. The zero-order valence-electron chi connectivity index (χ0n) is 11.9. The summed E-state index contributed by atoms with van der Waals surface area (Å²) in [6.45, 7) is 1.94. The molecule has 2 aromatic carbocycles. The molecular weight excluding hydrogens is 279 g/mol. The molecule has 108 valence electrons. The Morgan fingerprint density at radius 1 is 1.09 bits per heavy atom. The Bertz CT molecular complexity index is 950. The van der Waals surface area contributed by atoms with Crippen molar-refractivity contribution < 1.29 is 4.39 Å². The molecule has 0 aliphatic rings. The summed E-state index contributed by atoms with van der Waals surface area (Å²) in [4.78, 5) is 4.57. The predicted molar refractivity (Wildman–Crippen MR) is 83.3 cm³/mol. The molecule has 0 radical (unpaired) electrons. The van der Waals surface area contributed by atoms with Crippen molar-refractivity contribution in [2.24, 2.45) is 0 Å². The Labute approximate surface area is 126 Å². The van der Waals surface area contributed by atoms with E-state index in [4.69, 9.17) is 0 Å². The van der Waals surface area contributed by atoms with Crippen molar-refractivity contribution in [1.82, 2.24) is 19.7 Å². The van der Waals surface area contributed by atoms with E-state index in [1.165, 1.54) is 12.1 Å². The van der Waals surface area contributed by atoms with Gasteiger partial charge in [0.15, 0.2) is 0 Å². The molecule has 1 N–H and O–H groups in total. The number of aromatic nitrogens is 4. The normalized spacial score (nSPS) is 11.2. The maximum absolute atomic E-state index is 13.1. The van der Waals surface area contributed by atoms with Crippen LogP contribution in [-0.4, -0.2) is 19.7 Å². The van der Waals surface area contributed by atoms with Crippen molar-refractivity contribution in [3.05, 3.63) is 66.4 Å². The molecule has 0 saturated heterocycles. The van der Waals surface area contributed by atoms with Gasteiger partial charge < -0.3 is 0 Å². The van der Waals surface area contributed by atoms with Crippen molar-refractivity contribution in [1.29, 1.82) is 0 Å². The van der Waals surface area contributed by atoms with Crippen LogP contribution in [-0.2, 0) is 0 Å². The quantitative estimate of drug-likeness (QED) is 0.609. The van der Waals surface area contributed by atoms with E-state index in [0.29, 0.717) is 0 Å². The van der Waals surface area contributed by atoms with Gasteiger partial charge in [0.1, 0.15) is 11.6 Å². The van der Waals surface area contributed by atoms with Gasteiger partial charge in [-0.2, -0.15) is 5.10 Å². The fraction of sp³-hybridized carbons (Fsp3) is 0.0588. The van der Waals surface area contributed by atoms with Crippen LogP contribution >= 0.6 is 0 Å². The second-order valence-corrected chi connectivity index (χ2v) is 5.22. The minimum absolute atomic E-state index is 0.251. The first-order valence-corrected chi connectivity index (χ1v) is 6.96. The van der Waals surface area contributed by atoms with Crippen molar-refractivity contribution in [2.75, 3.05) is 0 Å². The Balaban J connectivity index is 1.89. The Kier molecular flexibility index (Phi) is 2.79. The fourth-order valence-corrected chi connectivity index (χ4v) is 2.58.